The molecule has 3 aromatic rings. The van der Waals surface area contributed by atoms with Crippen LogP contribution in [-0.4, -0.2) is 75.3 Å². The summed E-state index contributed by atoms with van der Waals surface area (Å²) in [6.45, 7) is 5.22. The third-order valence-corrected chi connectivity index (χ3v) is 6.79. The minimum absolute atomic E-state index is 0.401. The molecule has 31 heavy (non-hydrogen) atoms. The number of aromatic nitrogens is 4. The summed E-state index contributed by atoms with van der Waals surface area (Å²) in [7, 11) is 0. The van der Waals surface area contributed by atoms with Gasteiger partial charge in [-0.15, -0.1) is 0 Å². The summed E-state index contributed by atoms with van der Waals surface area (Å²) in [4.78, 5) is 23.0. The number of anilines is 2. The maximum atomic E-state index is 11.9. The molecule has 0 bridgehead atoms. The minimum Gasteiger partial charge on any atom is -0.616 e. The summed E-state index contributed by atoms with van der Waals surface area (Å²) in [5.41, 5.74) is 2.35. The van der Waals surface area contributed by atoms with Gasteiger partial charge in [0, 0.05) is 26.2 Å². The number of hydrogen-bond acceptors (Lipinski definition) is 9. The number of nitrogens with zero attached hydrogens (tertiary/aromatic N) is 6. The van der Waals surface area contributed by atoms with Crippen LogP contribution in [0.5, 0.6) is 5.88 Å². The van der Waals surface area contributed by atoms with E-state index in [0.29, 0.717) is 54.1 Å². The predicted octanol–water partition coefficient (Wildman–Crippen LogP) is 0.977. The van der Waals surface area contributed by atoms with Gasteiger partial charge in [0.05, 0.1) is 13.1 Å². The summed E-state index contributed by atoms with van der Waals surface area (Å²) in [6.07, 6.45) is 1.50. The number of hydrogen-bond donors (Lipinski definition) is 1. The van der Waals surface area contributed by atoms with Gasteiger partial charge >= 0.3 is 0 Å². The fraction of sp³-hybridized carbons (Fsp3) is 0.429. The molecule has 5 rings (SSSR count). The van der Waals surface area contributed by atoms with Gasteiger partial charge in [0.25, 0.3) is 0 Å². The molecule has 2 aromatic heterocycles. The zero-order chi connectivity index (χ0) is 21.0. The van der Waals surface area contributed by atoms with E-state index in [1.165, 1.54) is 6.33 Å². The smallest absolute Gasteiger partial charge is 0.244 e. The van der Waals surface area contributed by atoms with Gasteiger partial charge < -0.3 is 24.4 Å². The van der Waals surface area contributed by atoms with Gasteiger partial charge in [-0.25, -0.2) is 9.97 Å². The maximum absolute atomic E-state index is 11.9. The number of benzene rings is 1. The Morgan fingerprint density at radius 2 is 1.71 bits per heavy atom. The third kappa shape index (κ3) is 4.51. The number of ether oxygens (including phenoxy) is 1. The lowest BCUT2D eigenvalue weighted by Gasteiger charge is -2.31. The van der Waals surface area contributed by atoms with Crippen molar-refractivity contribution < 1.29 is 9.29 Å². The van der Waals surface area contributed by atoms with Crippen molar-refractivity contribution in [2.75, 3.05) is 60.6 Å². The van der Waals surface area contributed by atoms with Crippen molar-refractivity contribution in [1.82, 2.24) is 25.3 Å². The van der Waals surface area contributed by atoms with Gasteiger partial charge in [-0.05, 0) is 5.56 Å². The van der Waals surface area contributed by atoms with E-state index in [4.69, 9.17) is 14.7 Å². The molecule has 2 saturated heterocycles. The van der Waals surface area contributed by atoms with Gasteiger partial charge in [-0.1, -0.05) is 41.5 Å². The molecule has 0 unspecified atom stereocenters. The normalized spacial score (nSPS) is 17.8. The van der Waals surface area contributed by atoms with E-state index in [9.17, 15) is 4.55 Å². The Bertz CT molecular complexity index is 1020. The predicted molar refractivity (Wildman–Crippen MR) is 121 cm³/mol. The van der Waals surface area contributed by atoms with Gasteiger partial charge in [0.15, 0.2) is 11.3 Å². The van der Waals surface area contributed by atoms with Crippen molar-refractivity contribution in [2.24, 2.45) is 0 Å². The minimum atomic E-state index is -0.768. The van der Waals surface area contributed by atoms with Crippen LogP contribution in [0.25, 0.3) is 11.0 Å². The zero-order valence-corrected chi connectivity index (χ0v) is 18.1. The Labute approximate surface area is 184 Å². The second-order valence-electron chi connectivity index (χ2n) is 7.57. The van der Waals surface area contributed by atoms with E-state index in [1.54, 1.807) is 0 Å². The highest BCUT2D eigenvalue weighted by Crippen LogP contribution is 2.30. The second-order valence-corrected chi connectivity index (χ2v) is 9.27. The van der Waals surface area contributed by atoms with Crippen LogP contribution in [0.15, 0.2) is 36.7 Å². The zero-order valence-electron chi connectivity index (χ0n) is 17.2. The summed E-state index contributed by atoms with van der Waals surface area (Å²) in [6, 6.07) is 9.99. The molecule has 162 valence electrons. The quantitative estimate of drug-likeness (QED) is 0.583. The van der Waals surface area contributed by atoms with Gasteiger partial charge in [0.2, 0.25) is 11.8 Å². The van der Waals surface area contributed by atoms with Crippen molar-refractivity contribution in [1.29, 1.82) is 0 Å². The first-order valence-corrected chi connectivity index (χ1v) is 12.0. The average molecular weight is 440 g/mol. The molecule has 0 atom stereocenters. The molecular formula is C21H25N7O2S. The molecule has 0 amide bonds. The third-order valence-electron chi connectivity index (χ3n) is 5.51. The summed E-state index contributed by atoms with van der Waals surface area (Å²) in [5.74, 6) is 3.15. The van der Waals surface area contributed by atoms with Crippen LogP contribution in [0.1, 0.15) is 5.56 Å². The van der Waals surface area contributed by atoms with E-state index in [1.807, 2.05) is 30.3 Å². The molecule has 0 radical (unpaired) electrons. The Hall–Kier alpha value is -2.69. The van der Waals surface area contributed by atoms with Gasteiger partial charge in [0.1, 0.15) is 30.0 Å². The molecule has 10 heteroatoms. The highest BCUT2D eigenvalue weighted by molar-refractivity contribution is 7.91. The standard InChI is InChI=1S/C21H25N7O2S/c29-31-12-10-27(11-13-31)19-17-18(25-21(26-19)28-8-6-22-7-9-28)20(24-15-23-17)30-14-16-4-2-1-3-5-16/h1-5,15,22H,6-14H2. The van der Waals surface area contributed by atoms with Gasteiger partial charge in [-0.2, -0.15) is 9.97 Å². The van der Waals surface area contributed by atoms with Crippen LogP contribution in [0.4, 0.5) is 11.8 Å². The lowest BCUT2D eigenvalue weighted by molar-refractivity contribution is 0.297. The molecule has 2 fully saturated rings. The largest absolute Gasteiger partial charge is 0.616 e. The van der Waals surface area contributed by atoms with E-state index in [-0.39, 0.29) is 0 Å². The van der Waals surface area contributed by atoms with Crippen LogP contribution in [0.2, 0.25) is 0 Å². The van der Waals surface area contributed by atoms with Crippen molar-refractivity contribution in [3.8, 4) is 5.88 Å². The Balaban J connectivity index is 1.54. The number of piperazine rings is 1. The molecule has 0 aliphatic carbocycles. The average Bonchev–Trinajstić information content (AvgIpc) is 2.84. The van der Waals surface area contributed by atoms with E-state index < -0.39 is 11.2 Å². The van der Waals surface area contributed by atoms with Crippen LogP contribution in [0.3, 0.4) is 0 Å². The first kappa shape index (κ1) is 20.2. The Kier molecular flexibility index (Phi) is 6.01. The second kappa shape index (κ2) is 9.21. The number of fused-ring (bicyclic) bond motifs is 1. The molecule has 2 aliphatic rings. The van der Waals surface area contributed by atoms with Crippen LogP contribution >= 0.6 is 0 Å². The Morgan fingerprint density at radius 3 is 2.48 bits per heavy atom. The molecule has 1 aromatic carbocycles. The van der Waals surface area contributed by atoms with Crippen molar-refractivity contribution in [3.05, 3.63) is 42.2 Å². The molecule has 0 saturated carbocycles. The van der Waals surface area contributed by atoms with E-state index in [0.717, 1.165) is 37.6 Å². The highest BCUT2D eigenvalue weighted by Gasteiger charge is 2.26. The first-order valence-electron chi connectivity index (χ1n) is 10.5. The van der Waals surface area contributed by atoms with Gasteiger partial charge in [-0.3, -0.25) is 0 Å². The van der Waals surface area contributed by atoms with Crippen molar-refractivity contribution >= 4 is 34.0 Å². The SMILES string of the molecule is [O-][S+]1CCN(c2nc(N3CCNCC3)nc3c(OCc4ccccc4)ncnc23)CC1. The molecule has 9 nitrogen and oxygen atoms in total. The summed E-state index contributed by atoms with van der Waals surface area (Å²) >= 11 is -0.768. The van der Waals surface area contributed by atoms with Crippen LogP contribution in [0, 0.1) is 0 Å². The Morgan fingerprint density at radius 1 is 0.935 bits per heavy atom. The molecule has 2 aliphatic heterocycles. The van der Waals surface area contributed by atoms with E-state index in [2.05, 4.69) is 25.1 Å². The highest BCUT2D eigenvalue weighted by atomic mass is 32.2. The molecular weight excluding hydrogens is 414 g/mol. The fourth-order valence-electron chi connectivity index (χ4n) is 3.81. The van der Waals surface area contributed by atoms with Crippen LogP contribution in [-0.2, 0) is 17.8 Å². The van der Waals surface area contributed by atoms with Crippen molar-refractivity contribution in [3.63, 3.8) is 0 Å². The first-order chi connectivity index (χ1) is 15.3. The van der Waals surface area contributed by atoms with E-state index >= 15 is 0 Å². The lowest BCUT2D eigenvalue weighted by atomic mass is 10.2. The maximum Gasteiger partial charge on any atom is 0.244 e. The topological polar surface area (TPSA) is 102 Å². The number of rotatable bonds is 5. The number of nitrogens with one attached hydrogen (secondary N) is 1. The monoisotopic (exact) mass is 439 g/mol. The fourth-order valence-corrected chi connectivity index (χ4v) is 4.86. The summed E-state index contributed by atoms with van der Waals surface area (Å²) < 4.78 is 18.0. The lowest BCUT2D eigenvalue weighted by Crippen LogP contribution is -2.45. The molecule has 4 heterocycles. The summed E-state index contributed by atoms with van der Waals surface area (Å²) in [5, 5.41) is 3.36. The molecule has 0 spiro atoms. The molecule has 1 N–H and O–H groups in total. The van der Waals surface area contributed by atoms with Crippen molar-refractivity contribution in [2.45, 2.75) is 6.61 Å². The van der Waals surface area contributed by atoms with Crippen LogP contribution < -0.4 is 19.9 Å².